The number of hydrogen-bond acceptors (Lipinski definition) is 2. The maximum absolute atomic E-state index is 13.7. The molecule has 0 heterocycles. The summed E-state index contributed by atoms with van der Waals surface area (Å²) in [7, 11) is 0. The zero-order valence-corrected chi connectivity index (χ0v) is 13.6. The molecule has 1 N–H and O–H groups in total. The molecule has 0 bridgehead atoms. The number of nitrogens with one attached hydrogen (secondary N) is 1. The smallest absolute Gasteiger partial charge is 0.128 e. The molecule has 0 unspecified atom stereocenters. The highest BCUT2D eigenvalue weighted by Gasteiger charge is 2.04. The van der Waals surface area contributed by atoms with Gasteiger partial charge < -0.3 is 5.32 Å². The van der Waals surface area contributed by atoms with Crippen molar-refractivity contribution in [3.8, 4) is 0 Å². The summed E-state index contributed by atoms with van der Waals surface area (Å²) in [5.74, 6) is 0.366. The highest BCUT2D eigenvalue weighted by molar-refractivity contribution is 7.98. The second-order valence-corrected chi connectivity index (χ2v) is 6.33. The molecule has 0 amide bonds. The Labute approximate surface area is 134 Å². The minimum atomic E-state index is -0.240. The summed E-state index contributed by atoms with van der Waals surface area (Å²) in [4.78, 5) is 1.15. The number of thioether (sulfide) groups is 1. The van der Waals surface area contributed by atoms with Gasteiger partial charge in [0.15, 0.2) is 0 Å². The van der Waals surface area contributed by atoms with Crippen molar-refractivity contribution in [1.82, 2.24) is 5.32 Å². The van der Waals surface area contributed by atoms with Gasteiger partial charge in [0.2, 0.25) is 0 Å². The average molecular weight is 324 g/mol. The molecule has 0 saturated carbocycles. The third kappa shape index (κ3) is 5.34. The van der Waals surface area contributed by atoms with Crippen molar-refractivity contribution in [2.45, 2.75) is 30.5 Å². The highest BCUT2D eigenvalue weighted by Crippen LogP contribution is 2.26. The fourth-order valence-electron chi connectivity index (χ4n) is 1.95. The number of rotatable bonds is 7. The van der Waals surface area contributed by atoms with Gasteiger partial charge in [0.05, 0.1) is 0 Å². The Morgan fingerprint density at radius 3 is 2.81 bits per heavy atom. The molecule has 0 atom stereocenters. The van der Waals surface area contributed by atoms with Crippen LogP contribution in [0.1, 0.15) is 24.5 Å². The van der Waals surface area contributed by atoms with Crippen LogP contribution in [0.2, 0.25) is 5.02 Å². The summed E-state index contributed by atoms with van der Waals surface area (Å²) in [5, 5.41) is 3.82. The van der Waals surface area contributed by atoms with Crippen LogP contribution >= 0.6 is 23.4 Å². The van der Waals surface area contributed by atoms with Crippen LogP contribution in [0.15, 0.2) is 47.4 Å². The quantitative estimate of drug-likeness (QED) is 0.550. The molecule has 0 aromatic heterocycles. The zero-order chi connectivity index (χ0) is 15.1. The molecule has 4 heteroatoms. The first-order valence-electron chi connectivity index (χ1n) is 7.05. The molecule has 0 aliphatic heterocycles. The van der Waals surface area contributed by atoms with Crippen molar-refractivity contribution >= 4 is 23.4 Å². The first kappa shape index (κ1) is 16.3. The van der Waals surface area contributed by atoms with Gasteiger partial charge in [-0.1, -0.05) is 36.7 Å². The fraction of sp³-hybridized carbons (Fsp3) is 0.294. The lowest BCUT2D eigenvalue weighted by atomic mass is 10.2. The maximum Gasteiger partial charge on any atom is 0.128 e. The molecule has 0 fully saturated rings. The Hall–Kier alpha value is -1.03. The second-order valence-electron chi connectivity index (χ2n) is 4.85. The van der Waals surface area contributed by atoms with Crippen LogP contribution in [-0.4, -0.2) is 6.54 Å². The summed E-state index contributed by atoms with van der Waals surface area (Å²) in [5.41, 5.74) is 1.93. The minimum Gasteiger partial charge on any atom is -0.313 e. The number of hydrogen-bond donors (Lipinski definition) is 1. The van der Waals surface area contributed by atoms with E-state index in [1.807, 2.05) is 6.07 Å². The van der Waals surface area contributed by atoms with Gasteiger partial charge in [0.1, 0.15) is 5.82 Å². The van der Waals surface area contributed by atoms with E-state index in [0.29, 0.717) is 16.3 Å². The van der Waals surface area contributed by atoms with E-state index in [2.05, 4.69) is 30.4 Å². The van der Waals surface area contributed by atoms with Crippen LogP contribution in [0.5, 0.6) is 0 Å². The van der Waals surface area contributed by atoms with Crippen LogP contribution in [0, 0.1) is 5.82 Å². The van der Waals surface area contributed by atoms with Crippen molar-refractivity contribution in [2.24, 2.45) is 0 Å². The molecule has 0 aliphatic carbocycles. The molecular formula is C17H19ClFNS. The first-order valence-corrected chi connectivity index (χ1v) is 8.42. The summed E-state index contributed by atoms with van der Waals surface area (Å²) in [6.07, 6.45) is 1.13. The maximum atomic E-state index is 13.7. The van der Waals surface area contributed by atoms with E-state index < -0.39 is 0 Å². The molecular weight excluding hydrogens is 305 g/mol. The van der Waals surface area contributed by atoms with Crippen LogP contribution < -0.4 is 5.32 Å². The van der Waals surface area contributed by atoms with E-state index in [9.17, 15) is 4.39 Å². The monoisotopic (exact) mass is 323 g/mol. The van der Waals surface area contributed by atoms with Crippen LogP contribution in [0.3, 0.4) is 0 Å². The van der Waals surface area contributed by atoms with Gasteiger partial charge in [0.25, 0.3) is 0 Å². The molecule has 2 aromatic rings. The Balaban J connectivity index is 1.95. The van der Waals surface area contributed by atoms with Crippen molar-refractivity contribution in [3.05, 3.63) is 64.4 Å². The largest absolute Gasteiger partial charge is 0.313 e. The van der Waals surface area contributed by atoms with Crippen LogP contribution in [-0.2, 0) is 12.3 Å². The van der Waals surface area contributed by atoms with Crippen molar-refractivity contribution in [2.75, 3.05) is 6.54 Å². The molecule has 112 valence electrons. The van der Waals surface area contributed by atoms with E-state index in [-0.39, 0.29) is 5.82 Å². The minimum absolute atomic E-state index is 0.240. The van der Waals surface area contributed by atoms with E-state index >= 15 is 0 Å². The van der Waals surface area contributed by atoms with Crippen LogP contribution in [0.25, 0.3) is 0 Å². The van der Waals surface area contributed by atoms with Crippen molar-refractivity contribution in [3.63, 3.8) is 0 Å². The number of benzene rings is 2. The lowest BCUT2D eigenvalue weighted by Gasteiger charge is -2.07. The van der Waals surface area contributed by atoms with E-state index in [4.69, 9.17) is 11.6 Å². The Kier molecular flexibility index (Phi) is 6.55. The normalized spacial score (nSPS) is 10.8. The summed E-state index contributed by atoms with van der Waals surface area (Å²) < 4.78 is 13.7. The summed E-state index contributed by atoms with van der Waals surface area (Å²) >= 11 is 7.40. The van der Waals surface area contributed by atoms with Gasteiger partial charge in [-0.3, -0.25) is 0 Å². The number of halogens is 2. The Bertz CT molecular complexity index is 589. The average Bonchev–Trinajstić information content (AvgIpc) is 2.47. The van der Waals surface area contributed by atoms with Crippen LogP contribution in [0.4, 0.5) is 4.39 Å². The summed E-state index contributed by atoms with van der Waals surface area (Å²) in [6, 6.07) is 13.2. The fourth-order valence-corrected chi connectivity index (χ4v) is 3.08. The van der Waals surface area contributed by atoms with Crippen molar-refractivity contribution in [1.29, 1.82) is 0 Å². The van der Waals surface area contributed by atoms with Gasteiger partial charge in [-0.05, 0) is 48.4 Å². The van der Waals surface area contributed by atoms with Gasteiger partial charge in [-0.2, -0.15) is 0 Å². The molecule has 0 saturated heterocycles. The molecule has 21 heavy (non-hydrogen) atoms. The second kappa shape index (κ2) is 8.42. The predicted molar refractivity (Wildman–Crippen MR) is 89.4 cm³/mol. The lowest BCUT2D eigenvalue weighted by molar-refractivity contribution is 0.617. The molecule has 0 radical (unpaired) electrons. The van der Waals surface area contributed by atoms with E-state index in [1.165, 1.54) is 11.6 Å². The molecule has 2 aromatic carbocycles. The Morgan fingerprint density at radius 1 is 1.19 bits per heavy atom. The molecule has 0 spiro atoms. The third-order valence-corrected chi connectivity index (χ3v) is 4.34. The standard InChI is InChI=1S/C17H19ClFNS/c1-2-8-20-11-13-4-3-5-16(9-13)21-12-14-6-7-15(18)10-17(14)19/h3-7,9-10,20H,2,8,11-12H2,1H3. The van der Waals surface area contributed by atoms with E-state index in [0.717, 1.165) is 24.4 Å². The predicted octanol–water partition coefficient (Wildman–Crippen LogP) is 5.27. The molecule has 2 rings (SSSR count). The first-order chi connectivity index (χ1) is 10.2. The van der Waals surface area contributed by atoms with Gasteiger partial charge in [-0.15, -0.1) is 11.8 Å². The van der Waals surface area contributed by atoms with Crippen molar-refractivity contribution < 1.29 is 4.39 Å². The zero-order valence-electron chi connectivity index (χ0n) is 12.0. The molecule has 1 nitrogen and oxygen atoms in total. The topological polar surface area (TPSA) is 12.0 Å². The molecule has 0 aliphatic rings. The summed E-state index contributed by atoms with van der Waals surface area (Å²) in [6.45, 7) is 4.05. The highest BCUT2D eigenvalue weighted by atomic mass is 35.5. The SMILES string of the molecule is CCCNCc1cccc(SCc2ccc(Cl)cc2F)c1. The van der Waals surface area contributed by atoms with E-state index in [1.54, 1.807) is 23.9 Å². The van der Waals surface area contributed by atoms with Gasteiger partial charge in [0, 0.05) is 22.2 Å². The van der Waals surface area contributed by atoms with Gasteiger partial charge in [-0.25, -0.2) is 4.39 Å². The van der Waals surface area contributed by atoms with Gasteiger partial charge >= 0.3 is 0 Å². The Morgan fingerprint density at radius 2 is 2.05 bits per heavy atom. The third-order valence-electron chi connectivity index (χ3n) is 3.06. The lowest BCUT2D eigenvalue weighted by Crippen LogP contribution is -2.13.